The highest BCUT2D eigenvalue weighted by Gasteiger charge is 2.41. The lowest BCUT2D eigenvalue weighted by atomic mass is 9.99. The van der Waals surface area contributed by atoms with Gasteiger partial charge in [-0.05, 0) is 32.0 Å². The van der Waals surface area contributed by atoms with Gasteiger partial charge in [0.1, 0.15) is 23.8 Å². The molecule has 4 atom stereocenters. The van der Waals surface area contributed by atoms with Gasteiger partial charge in [0.05, 0.1) is 29.5 Å². The van der Waals surface area contributed by atoms with Crippen molar-refractivity contribution in [2.24, 2.45) is 5.92 Å². The number of aromatic nitrogens is 2. The zero-order valence-corrected chi connectivity index (χ0v) is 18.2. The fourth-order valence-corrected chi connectivity index (χ4v) is 5.12. The molecule has 1 aromatic carbocycles. The SMILES string of the molecule is CNC(c1ncco1)C1CCN(c2c(F)cc3c(=O)c(C(=O)O)cn(C4CC4F)c3c2C)C1. The number of hydrogen-bond acceptors (Lipinski definition) is 6. The zero-order chi connectivity index (χ0) is 23.4. The van der Waals surface area contributed by atoms with E-state index in [0.29, 0.717) is 35.7 Å². The average Bonchev–Trinajstić information content (AvgIpc) is 3.15. The molecule has 4 unspecified atom stereocenters. The van der Waals surface area contributed by atoms with Crippen LogP contribution in [0.4, 0.5) is 14.5 Å². The summed E-state index contributed by atoms with van der Waals surface area (Å²) in [5.41, 5.74) is -0.0303. The number of rotatable bonds is 6. The molecule has 0 amide bonds. The number of carboxylic acids is 1. The monoisotopic (exact) mass is 458 g/mol. The molecule has 1 aliphatic carbocycles. The number of benzene rings is 1. The molecule has 0 spiro atoms. The Morgan fingerprint density at radius 3 is 2.79 bits per heavy atom. The molecule has 5 rings (SSSR count). The second kappa shape index (κ2) is 7.95. The Labute approximate surface area is 187 Å². The molecule has 2 aliphatic rings. The van der Waals surface area contributed by atoms with Crippen LogP contribution in [0.25, 0.3) is 10.9 Å². The van der Waals surface area contributed by atoms with Gasteiger partial charge in [-0.2, -0.15) is 0 Å². The number of halogens is 2. The number of hydrogen-bond donors (Lipinski definition) is 2. The summed E-state index contributed by atoms with van der Waals surface area (Å²) in [6.07, 6.45) is 4.16. The summed E-state index contributed by atoms with van der Waals surface area (Å²) in [5.74, 6) is -1.34. The number of anilines is 1. The summed E-state index contributed by atoms with van der Waals surface area (Å²) in [6, 6.07) is 0.396. The molecular formula is C23H24F2N4O4. The van der Waals surface area contributed by atoms with Gasteiger partial charge >= 0.3 is 5.97 Å². The van der Waals surface area contributed by atoms with E-state index in [2.05, 4.69) is 10.3 Å². The quantitative estimate of drug-likeness (QED) is 0.585. The highest BCUT2D eigenvalue weighted by atomic mass is 19.1. The minimum atomic E-state index is -1.42. The number of pyridine rings is 1. The summed E-state index contributed by atoms with van der Waals surface area (Å²) >= 11 is 0. The average molecular weight is 458 g/mol. The van der Waals surface area contributed by atoms with Gasteiger partial charge in [0.25, 0.3) is 0 Å². The third kappa shape index (κ3) is 3.49. The standard InChI is InChI=1S/C23H24F2N4O4/c1-11-19-13(21(30)14(23(31)32)10-29(19)17-8-15(17)24)7-16(25)20(11)28-5-3-12(9-28)18(26-2)22-27-4-6-33-22/h4,6-7,10,12,15,17-18,26H,3,5,8-9H2,1-2H3,(H,31,32). The van der Waals surface area contributed by atoms with E-state index in [9.17, 15) is 19.1 Å². The number of nitrogens with one attached hydrogen (secondary N) is 1. The van der Waals surface area contributed by atoms with Crippen molar-refractivity contribution in [2.75, 3.05) is 25.0 Å². The maximum absolute atomic E-state index is 15.4. The van der Waals surface area contributed by atoms with Crippen molar-refractivity contribution < 1.29 is 23.1 Å². The molecule has 0 radical (unpaired) electrons. The van der Waals surface area contributed by atoms with Crippen LogP contribution < -0.4 is 15.6 Å². The number of alkyl halides is 1. The van der Waals surface area contributed by atoms with Gasteiger partial charge in [-0.3, -0.25) is 4.79 Å². The van der Waals surface area contributed by atoms with Gasteiger partial charge in [-0.25, -0.2) is 18.6 Å². The molecule has 33 heavy (non-hydrogen) atoms. The van der Waals surface area contributed by atoms with Crippen LogP contribution in [0.1, 0.15) is 46.7 Å². The lowest BCUT2D eigenvalue weighted by Gasteiger charge is -2.25. The second-order valence-electron chi connectivity index (χ2n) is 8.76. The van der Waals surface area contributed by atoms with E-state index in [0.717, 1.165) is 12.5 Å². The van der Waals surface area contributed by atoms with E-state index in [1.807, 2.05) is 11.9 Å². The first-order valence-corrected chi connectivity index (χ1v) is 10.9. The highest BCUT2D eigenvalue weighted by molar-refractivity contribution is 5.95. The maximum Gasteiger partial charge on any atom is 0.341 e. The first-order chi connectivity index (χ1) is 15.8. The Kier molecular flexibility index (Phi) is 5.19. The number of carbonyl (C=O) groups is 1. The Morgan fingerprint density at radius 2 is 2.18 bits per heavy atom. The van der Waals surface area contributed by atoms with Gasteiger partial charge in [0, 0.05) is 37.0 Å². The lowest BCUT2D eigenvalue weighted by Crippen LogP contribution is -2.29. The van der Waals surface area contributed by atoms with E-state index in [1.165, 1.54) is 17.0 Å². The number of nitrogens with zero attached hydrogens (tertiary/aromatic N) is 3. The molecule has 1 saturated carbocycles. The molecule has 2 aromatic heterocycles. The number of carboxylic acid groups (broad SMARTS) is 1. The van der Waals surface area contributed by atoms with Crippen LogP contribution in [-0.2, 0) is 0 Å². The molecule has 2 fully saturated rings. The van der Waals surface area contributed by atoms with Gasteiger partial charge in [0.2, 0.25) is 11.3 Å². The largest absolute Gasteiger partial charge is 0.477 e. The third-order valence-electron chi connectivity index (χ3n) is 6.79. The maximum atomic E-state index is 15.4. The van der Waals surface area contributed by atoms with E-state index < -0.39 is 35.0 Å². The van der Waals surface area contributed by atoms with Crippen molar-refractivity contribution in [1.82, 2.24) is 14.9 Å². The first kappa shape index (κ1) is 21.6. The van der Waals surface area contributed by atoms with E-state index >= 15 is 4.39 Å². The van der Waals surface area contributed by atoms with Crippen LogP contribution >= 0.6 is 0 Å². The Hall–Kier alpha value is -3.27. The van der Waals surface area contributed by atoms with Crippen molar-refractivity contribution in [2.45, 2.75) is 38.0 Å². The van der Waals surface area contributed by atoms with Crippen molar-refractivity contribution in [1.29, 1.82) is 0 Å². The summed E-state index contributed by atoms with van der Waals surface area (Å²) < 4.78 is 36.4. The first-order valence-electron chi connectivity index (χ1n) is 10.9. The van der Waals surface area contributed by atoms with Crippen LogP contribution in [0.15, 0.2) is 33.9 Å². The molecule has 3 heterocycles. The van der Waals surface area contributed by atoms with Crippen LogP contribution in [0, 0.1) is 18.7 Å². The van der Waals surface area contributed by atoms with Crippen molar-refractivity contribution >= 4 is 22.6 Å². The summed E-state index contributed by atoms with van der Waals surface area (Å²) in [4.78, 5) is 30.5. The fourth-order valence-electron chi connectivity index (χ4n) is 5.12. The molecule has 8 nitrogen and oxygen atoms in total. The topological polar surface area (TPSA) is 101 Å². The normalized spacial score (nSPS) is 23.3. The number of oxazole rings is 1. The van der Waals surface area contributed by atoms with Gasteiger partial charge in [-0.1, -0.05) is 0 Å². The Balaban J connectivity index is 1.59. The number of aromatic carboxylic acids is 1. The molecule has 1 aliphatic heterocycles. The molecule has 174 valence electrons. The summed E-state index contributed by atoms with van der Waals surface area (Å²) in [5, 5.41) is 12.6. The van der Waals surface area contributed by atoms with E-state index in [-0.39, 0.29) is 23.8 Å². The summed E-state index contributed by atoms with van der Waals surface area (Å²) in [7, 11) is 1.82. The van der Waals surface area contributed by atoms with Crippen LogP contribution in [0.5, 0.6) is 0 Å². The van der Waals surface area contributed by atoms with Gasteiger partial charge < -0.3 is 24.3 Å². The minimum Gasteiger partial charge on any atom is -0.477 e. The fraction of sp³-hybridized carbons (Fsp3) is 0.435. The second-order valence-corrected chi connectivity index (χ2v) is 8.76. The molecule has 3 aromatic rings. The lowest BCUT2D eigenvalue weighted by molar-refractivity contribution is 0.0694. The van der Waals surface area contributed by atoms with Gasteiger partial charge in [-0.15, -0.1) is 0 Å². The summed E-state index contributed by atoms with van der Waals surface area (Å²) in [6.45, 7) is 2.81. The predicted octanol–water partition coefficient (Wildman–Crippen LogP) is 3.21. The number of fused-ring (bicyclic) bond motifs is 1. The highest BCUT2D eigenvalue weighted by Crippen LogP contribution is 2.43. The molecule has 0 bridgehead atoms. The third-order valence-corrected chi connectivity index (χ3v) is 6.79. The van der Waals surface area contributed by atoms with Gasteiger partial charge in [0.15, 0.2) is 0 Å². The Morgan fingerprint density at radius 1 is 1.42 bits per heavy atom. The van der Waals surface area contributed by atoms with Crippen LogP contribution in [0.2, 0.25) is 0 Å². The van der Waals surface area contributed by atoms with Crippen molar-refractivity contribution in [3.05, 3.63) is 57.8 Å². The number of aryl methyl sites for hydroxylation is 1. The van der Waals surface area contributed by atoms with Crippen molar-refractivity contribution in [3.8, 4) is 0 Å². The van der Waals surface area contributed by atoms with E-state index in [1.54, 1.807) is 13.1 Å². The predicted molar refractivity (Wildman–Crippen MR) is 117 cm³/mol. The zero-order valence-electron chi connectivity index (χ0n) is 18.2. The van der Waals surface area contributed by atoms with Crippen LogP contribution in [-0.4, -0.2) is 46.9 Å². The molecule has 10 heteroatoms. The molecular weight excluding hydrogens is 434 g/mol. The smallest absolute Gasteiger partial charge is 0.341 e. The van der Waals surface area contributed by atoms with Crippen molar-refractivity contribution in [3.63, 3.8) is 0 Å². The molecule has 2 N–H and O–H groups in total. The Bertz CT molecular complexity index is 1290. The minimum absolute atomic E-state index is 0.0450. The van der Waals surface area contributed by atoms with Crippen LogP contribution in [0.3, 0.4) is 0 Å². The molecule has 1 saturated heterocycles. The van der Waals surface area contributed by atoms with E-state index in [4.69, 9.17) is 4.42 Å².